The smallest absolute Gasteiger partial charge is 0.407 e. The minimum Gasteiger partial charge on any atom is -0.445 e. The first-order valence-electron chi connectivity index (χ1n) is 8.13. The van der Waals surface area contributed by atoms with Crippen LogP contribution in [-0.4, -0.2) is 22.8 Å². The molecule has 0 aliphatic heterocycles. The van der Waals surface area contributed by atoms with Gasteiger partial charge in [0.25, 0.3) is 0 Å². The van der Waals surface area contributed by atoms with Crippen LogP contribution in [0.4, 0.5) is 9.18 Å². The average Bonchev–Trinajstić information content (AvgIpc) is 3.13. The fourth-order valence-corrected chi connectivity index (χ4v) is 2.40. The van der Waals surface area contributed by atoms with Crippen molar-refractivity contribution in [1.82, 2.24) is 15.5 Å². The van der Waals surface area contributed by atoms with Crippen LogP contribution >= 0.6 is 0 Å². The molecule has 0 unspecified atom stereocenters. The number of aromatic nitrogens is 2. The van der Waals surface area contributed by atoms with E-state index in [1.54, 1.807) is 30.5 Å². The van der Waals surface area contributed by atoms with Crippen LogP contribution in [0.25, 0.3) is 17.3 Å². The van der Waals surface area contributed by atoms with E-state index in [1.165, 1.54) is 12.1 Å². The number of hydrogen-bond acceptors (Lipinski definition) is 3. The number of nitrogens with one attached hydrogen (secondary N) is 2. The van der Waals surface area contributed by atoms with Gasteiger partial charge in [-0.3, -0.25) is 5.10 Å². The van der Waals surface area contributed by atoms with Crippen molar-refractivity contribution in [1.29, 1.82) is 0 Å². The molecule has 3 rings (SSSR count). The van der Waals surface area contributed by atoms with Crippen LogP contribution in [0.3, 0.4) is 0 Å². The molecule has 0 aliphatic carbocycles. The minimum atomic E-state index is -0.490. The molecule has 1 amide bonds. The van der Waals surface area contributed by atoms with E-state index in [9.17, 15) is 9.18 Å². The largest absolute Gasteiger partial charge is 0.445 e. The molecule has 1 heterocycles. The van der Waals surface area contributed by atoms with Gasteiger partial charge in [-0.25, -0.2) is 9.18 Å². The van der Waals surface area contributed by atoms with E-state index in [1.807, 2.05) is 30.3 Å². The summed E-state index contributed by atoms with van der Waals surface area (Å²) < 4.78 is 18.5. The Morgan fingerprint density at radius 3 is 2.85 bits per heavy atom. The molecule has 2 N–H and O–H groups in total. The van der Waals surface area contributed by atoms with Crippen molar-refractivity contribution in [3.8, 4) is 11.3 Å². The van der Waals surface area contributed by atoms with Gasteiger partial charge in [-0.1, -0.05) is 54.6 Å². The Kier molecular flexibility index (Phi) is 5.77. The van der Waals surface area contributed by atoms with Crippen LogP contribution < -0.4 is 5.32 Å². The summed E-state index contributed by atoms with van der Waals surface area (Å²) in [7, 11) is 0. The third-order valence-corrected chi connectivity index (χ3v) is 3.66. The number of nitrogens with zero attached hydrogens (tertiary/aromatic N) is 1. The monoisotopic (exact) mass is 351 g/mol. The van der Waals surface area contributed by atoms with Gasteiger partial charge in [0, 0.05) is 17.7 Å². The Balaban J connectivity index is 1.50. The molecule has 6 heteroatoms. The number of alkyl carbamates (subject to hydrolysis) is 1. The predicted molar refractivity (Wildman–Crippen MR) is 97.6 cm³/mol. The molecule has 0 fully saturated rings. The fraction of sp³-hybridized carbons (Fsp3) is 0.100. The second-order valence-electron chi connectivity index (χ2n) is 5.56. The van der Waals surface area contributed by atoms with Gasteiger partial charge in [0.1, 0.15) is 12.4 Å². The maximum absolute atomic E-state index is 13.4. The van der Waals surface area contributed by atoms with Gasteiger partial charge < -0.3 is 10.1 Å². The fourth-order valence-electron chi connectivity index (χ4n) is 2.40. The van der Waals surface area contributed by atoms with E-state index in [2.05, 4.69) is 15.5 Å². The lowest BCUT2D eigenvalue weighted by Crippen LogP contribution is -2.24. The summed E-state index contributed by atoms with van der Waals surface area (Å²) in [5.41, 5.74) is 3.15. The van der Waals surface area contributed by atoms with Gasteiger partial charge in [-0.15, -0.1) is 0 Å². The van der Waals surface area contributed by atoms with Crippen LogP contribution in [0.1, 0.15) is 11.1 Å². The van der Waals surface area contributed by atoms with Crippen molar-refractivity contribution in [3.63, 3.8) is 0 Å². The molecule has 1 aromatic heterocycles. The molecule has 5 nitrogen and oxygen atoms in total. The summed E-state index contributed by atoms with van der Waals surface area (Å²) in [5, 5.41) is 9.50. The maximum Gasteiger partial charge on any atom is 0.407 e. The maximum atomic E-state index is 13.4. The number of rotatable bonds is 6. The summed E-state index contributed by atoms with van der Waals surface area (Å²) in [6.45, 7) is 0.531. The molecule has 0 saturated carbocycles. The molecular weight excluding hydrogens is 333 g/mol. The van der Waals surface area contributed by atoms with Gasteiger partial charge in [-0.2, -0.15) is 5.10 Å². The lowest BCUT2D eigenvalue weighted by Gasteiger charge is -2.05. The van der Waals surface area contributed by atoms with Crippen LogP contribution in [0, 0.1) is 5.82 Å². The van der Waals surface area contributed by atoms with Crippen LogP contribution in [0.5, 0.6) is 0 Å². The van der Waals surface area contributed by atoms with Gasteiger partial charge in [0.05, 0.1) is 11.9 Å². The van der Waals surface area contributed by atoms with Crippen LogP contribution in [0.15, 0.2) is 66.9 Å². The highest BCUT2D eigenvalue weighted by atomic mass is 19.1. The van der Waals surface area contributed by atoms with Crippen molar-refractivity contribution in [2.45, 2.75) is 6.61 Å². The highest BCUT2D eigenvalue weighted by Crippen LogP contribution is 2.22. The normalized spacial score (nSPS) is 10.8. The number of ether oxygens (including phenoxy) is 1. The van der Waals surface area contributed by atoms with E-state index in [0.717, 1.165) is 11.1 Å². The Bertz CT molecular complexity index is 891. The molecule has 0 saturated heterocycles. The van der Waals surface area contributed by atoms with Crippen molar-refractivity contribution in [3.05, 3.63) is 83.8 Å². The lowest BCUT2D eigenvalue weighted by molar-refractivity contribution is 0.141. The topological polar surface area (TPSA) is 67.0 Å². The molecule has 0 atom stereocenters. The lowest BCUT2D eigenvalue weighted by atomic mass is 10.1. The summed E-state index contributed by atoms with van der Waals surface area (Å²) in [4.78, 5) is 11.7. The number of hydrogen-bond donors (Lipinski definition) is 2. The molecule has 26 heavy (non-hydrogen) atoms. The first-order valence-corrected chi connectivity index (χ1v) is 8.13. The number of carbonyl (C=O) groups excluding carboxylic acids is 1. The second-order valence-corrected chi connectivity index (χ2v) is 5.56. The highest BCUT2D eigenvalue weighted by molar-refractivity contribution is 5.72. The SMILES string of the molecule is O=C(NCC=Cc1cn[nH]c1-c1cccc(F)c1)OCc1ccccc1. The van der Waals surface area contributed by atoms with Gasteiger partial charge in [0.2, 0.25) is 0 Å². The third-order valence-electron chi connectivity index (χ3n) is 3.66. The summed E-state index contributed by atoms with van der Waals surface area (Å²) in [6, 6.07) is 15.7. The molecule has 132 valence electrons. The van der Waals surface area contributed by atoms with E-state index in [0.29, 0.717) is 17.8 Å². The summed E-state index contributed by atoms with van der Waals surface area (Å²) >= 11 is 0. The Labute approximate surface area is 150 Å². The Morgan fingerprint density at radius 2 is 2.04 bits per heavy atom. The molecule has 0 aliphatic rings. The standard InChI is InChI=1S/C20H18FN3O2/c21-18-10-4-8-16(12-18)19-17(13-23-24-19)9-5-11-22-20(25)26-14-15-6-2-1-3-7-15/h1-10,12-13H,11,14H2,(H,22,25)(H,23,24). The minimum absolute atomic E-state index is 0.224. The zero-order valence-corrected chi connectivity index (χ0v) is 14.0. The molecule has 2 aromatic carbocycles. The van der Waals surface area contributed by atoms with Crippen molar-refractivity contribution < 1.29 is 13.9 Å². The van der Waals surface area contributed by atoms with E-state index in [4.69, 9.17) is 4.74 Å². The van der Waals surface area contributed by atoms with Gasteiger partial charge in [0.15, 0.2) is 0 Å². The second kappa shape index (κ2) is 8.62. The number of halogens is 1. The van der Waals surface area contributed by atoms with Crippen molar-refractivity contribution >= 4 is 12.2 Å². The summed E-state index contributed by atoms with van der Waals surface area (Å²) in [5.74, 6) is -0.310. The average molecular weight is 351 g/mol. The molecule has 0 bridgehead atoms. The summed E-state index contributed by atoms with van der Waals surface area (Å²) in [6.07, 6.45) is 4.74. The first-order chi connectivity index (χ1) is 12.7. The predicted octanol–water partition coefficient (Wildman–Crippen LogP) is 4.16. The number of amides is 1. The third kappa shape index (κ3) is 4.80. The zero-order valence-electron chi connectivity index (χ0n) is 14.0. The van der Waals surface area contributed by atoms with E-state index in [-0.39, 0.29) is 12.4 Å². The number of benzene rings is 2. The number of carbonyl (C=O) groups is 1. The van der Waals surface area contributed by atoms with E-state index >= 15 is 0 Å². The van der Waals surface area contributed by atoms with Crippen LogP contribution in [-0.2, 0) is 11.3 Å². The van der Waals surface area contributed by atoms with E-state index < -0.39 is 6.09 Å². The Hall–Kier alpha value is -3.41. The quantitative estimate of drug-likeness (QED) is 0.701. The Morgan fingerprint density at radius 1 is 1.19 bits per heavy atom. The molecular formula is C20H18FN3O2. The molecule has 0 spiro atoms. The molecule has 0 radical (unpaired) electrons. The number of aromatic amines is 1. The zero-order chi connectivity index (χ0) is 18.2. The van der Waals surface area contributed by atoms with Gasteiger partial charge >= 0.3 is 6.09 Å². The highest BCUT2D eigenvalue weighted by Gasteiger charge is 2.06. The van der Waals surface area contributed by atoms with Gasteiger partial charge in [-0.05, 0) is 17.7 Å². The van der Waals surface area contributed by atoms with Crippen LogP contribution in [0.2, 0.25) is 0 Å². The first kappa shape index (κ1) is 17.4. The van der Waals surface area contributed by atoms with Crippen molar-refractivity contribution in [2.75, 3.05) is 6.54 Å². The van der Waals surface area contributed by atoms with Crippen molar-refractivity contribution in [2.24, 2.45) is 0 Å². The molecule has 3 aromatic rings. The number of H-pyrrole nitrogens is 1.